The molecule has 0 amide bonds. The molecule has 1 aliphatic carbocycles. The van der Waals surface area contributed by atoms with Gasteiger partial charge in [0, 0.05) is 23.2 Å². The monoisotopic (exact) mass is 464 g/mol. The lowest BCUT2D eigenvalue weighted by molar-refractivity contribution is 0.425. The maximum absolute atomic E-state index is 13.0. The number of hydrogen-bond donors (Lipinski definition) is 2. The van der Waals surface area contributed by atoms with Crippen LogP contribution in [0.4, 0.5) is 5.69 Å². The molecule has 4 nitrogen and oxygen atoms in total. The first kappa shape index (κ1) is 21.3. The minimum absolute atomic E-state index is 0.159. The molecule has 0 aromatic heterocycles. The third kappa shape index (κ3) is 4.20. The van der Waals surface area contributed by atoms with Gasteiger partial charge in [-0.05, 0) is 65.8 Å². The van der Waals surface area contributed by atoms with E-state index in [9.17, 15) is 8.42 Å². The van der Waals surface area contributed by atoms with E-state index < -0.39 is 10.0 Å². The molecule has 3 aromatic rings. The molecule has 2 aliphatic rings. The molecule has 0 saturated carbocycles. The number of fused-ring (bicyclic) bond motifs is 3. The molecule has 3 aromatic carbocycles. The van der Waals surface area contributed by atoms with Crippen LogP contribution in [-0.4, -0.2) is 15.0 Å². The van der Waals surface area contributed by atoms with Gasteiger partial charge >= 0.3 is 0 Å². The average Bonchev–Trinajstić information content (AvgIpc) is 3.30. The van der Waals surface area contributed by atoms with Crippen molar-refractivity contribution in [2.75, 3.05) is 11.9 Å². The molecular formula is C26H25ClN2O2S. The Bertz CT molecular complexity index is 1240. The van der Waals surface area contributed by atoms with Crippen LogP contribution in [0.25, 0.3) is 0 Å². The molecule has 164 valence electrons. The fourth-order valence-electron chi connectivity index (χ4n) is 4.80. The first-order valence-corrected chi connectivity index (χ1v) is 12.7. The van der Waals surface area contributed by atoms with Crippen molar-refractivity contribution < 1.29 is 8.42 Å². The van der Waals surface area contributed by atoms with Crippen LogP contribution in [0.1, 0.15) is 35.1 Å². The molecule has 6 heteroatoms. The van der Waals surface area contributed by atoms with E-state index in [2.05, 4.69) is 34.3 Å². The van der Waals surface area contributed by atoms with Gasteiger partial charge in [-0.3, -0.25) is 0 Å². The van der Waals surface area contributed by atoms with E-state index in [4.69, 9.17) is 11.6 Å². The lowest BCUT2D eigenvalue weighted by atomic mass is 9.77. The fourth-order valence-corrected chi connectivity index (χ4v) is 5.99. The zero-order chi connectivity index (χ0) is 22.1. The molecule has 0 fully saturated rings. The minimum Gasteiger partial charge on any atom is -0.378 e. The average molecular weight is 465 g/mol. The summed E-state index contributed by atoms with van der Waals surface area (Å²) in [6, 6.07) is 23.4. The van der Waals surface area contributed by atoms with Crippen LogP contribution >= 0.6 is 11.6 Å². The predicted molar refractivity (Wildman–Crippen MR) is 130 cm³/mol. The Morgan fingerprint density at radius 2 is 1.78 bits per heavy atom. The van der Waals surface area contributed by atoms with Gasteiger partial charge in [0.05, 0.1) is 10.9 Å². The Morgan fingerprint density at radius 3 is 2.56 bits per heavy atom. The Balaban J connectivity index is 1.38. The summed E-state index contributed by atoms with van der Waals surface area (Å²) in [5.74, 6) is 0.527. The molecule has 0 radical (unpaired) electrons. The molecule has 3 atom stereocenters. The van der Waals surface area contributed by atoms with E-state index in [-0.39, 0.29) is 12.0 Å². The molecular weight excluding hydrogens is 440 g/mol. The number of hydrogen-bond acceptors (Lipinski definition) is 3. The van der Waals surface area contributed by atoms with E-state index in [0.717, 1.165) is 28.3 Å². The van der Waals surface area contributed by atoms with E-state index in [1.807, 2.05) is 54.6 Å². The Morgan fingerprint density at radius 1 is 1.00 bits per heavy atom. The van der Waals surface area contributed by atoms with Gasteiger partial charge in [0.25, 0.3) is 0 Å². The summed E-state index contributed by atoms with van der Waals surface area (Å²) in [6.07, 6.45) is 6.03. The number of anilines is 1. The van der Waals surface area contributed by atoms with Crippen LogP contribution in [-0.2, 0) is 16.4 Å². The summed E-state index contributed by atoms with van der Waals surface area (Å²) in [5, 5.41) is 4.37. The summed E-state index contributed by atoms with van der Waals surface area (Å²) in [6.45, 7) is 0.367. The number of benzene rings is 3. The smallest absolute Gasteiger partial charge is 0.240 e. The molecule has 1 aliphatic heterocycles. The van der Waals surface area contributed by atoms with Crippen LogP contribution in [0.15, 0.2) is 89.8 Å². The Kier molecular flexibility index (Phi) is 5.80. The van der Waals surface area contributed by atoms with Gasteiger partial charge in [-0.15, -0.1) is 0 Å². The quantitative estimate of drug-likeness (QED) is 0.461. The molecule has 2 N–H and O–H groups in total. The summed E-state index contributed by atoms with van der Waals surface area (Å²) in [4.78, 5) is 0.315. The number of allylic oxidation sites excluding steroid dienone is 2. The zero-order valence-corrected chi connectivity index (χ0v) is 19.1. The van der Waals surface area contributed by atoms with Crippen LogP contribution in [0.3, 0.4) is 0 Å². The summed E-state index contributed by atoms with van der Waals surface area (Å²) >= 11 is 6.08. The SMILES string of the molecule is O=S(=O)(NCCc1ccccc1)c1ccc2c(c1)C1C=CCC1C(c1ccc(Cl)cc1)N2. The zero-order valence-electron chi connectivity index (χ0n) is 17.5. The highest BCUT2D eigenvalue weighted by atomic mass is 35.5. The highest BCUT2D eigenvalue weighted by Gasteiger charge is 2.38. The Labute approximate surface area is 194 Å². The minimum atomic E-state index is -3.58. The van der Waals surface area contributed by atoms with Crippen molar-refractivity contribution in [2.45, 2.75) is 29.7 Å². The predicted octanol–water partition coefficient (Wildman–Crippen LogP) is 5.69. The lowest BCUT2D eigenvalue weighted by Crippen LogP contribution is -2.30. The van der Waals surface area contributed by atoms with E-state index >= 15 is 0 Å². The van der Waals surface area contributed by atoms with E-state index in [0.29, 0.717) is 23.8 Å². The molecule has 5 rings (SSSR count). The van der Waals surface area contributed by atoms with Gasteiger partial charge in [0.2, 0.25) is 10.0 Å². The maximum atomic E-state index is 13.0. The molecule has 3 unspecified atom stereocenters. The van der Waals surface area contributed by atoms with Crippen LogP contribution < -0.4 is 10.0 Å². The van der Waals surface area contributed by atoms with Gasteiger partial charge in [-0.2, -0.15) is 0 Å². The number of halogens is 1. The summed E-state index contributed by atoms with van der Waals surface area (Å²) in [7, 11) is -3.58. The van der Waals surface area contributed by atoms with Crippen molar-refractivity contribution in [2.24, 2.45) is 5.92 Å². The highest BCUT2D eigenvalue weighted by Crippen LogP contribution is 2.50. The second-order valence-corrected chi connectivity index (χ2v) is 10.6. The largest absolute Gasteiger partial charge is 0.378 e. The van der Waals surface area contributed by atoms with Crippen molar-refractivity contribution in [3.63, 3.8) is 0 Å². The van der Waals surface area contributed by atoms with Crippen molar-refractivity contribution in [1.82, 2.24) is 4.72 Å². The van der Waals surface area contributed by atoms with Gasteiger partial charge in [-0.1, -0.05) is 66.2 Å². The molecule has 0 bridgehead atoms. The second-order valence-electron chi connectivity index (χ2n) is 8.41. The highest BCUT2D eigenvalue weighted by molar-refractivity contribution is 7.89. The van der Waals surface area contributed by atoms with Crippen molar-refractivity contribution in [3.8, 4) is 0 Å². The summed E-state index contributed by atoms with van der Waals surface area (Å²) in [5.41, 5.74) is 4.33. The van der Waals surface area contributed by atoms with Gasteiger partial charge in [-0.25, -0.2) is 13.1 Å². The fraction of sp³-hybridized carbons (Fsp3) is 0.231. The second kappa shape index (κ2) is 8.74. The van der Waals surface area contributed by atoms with Gasteiger partial charge < -0.3 is 5.32 Å². The van der Waals surface area contributed by atoms with Crippen LogP contribution in [0.2, 0.25) is 5.02 Å². The number of rotatable bonds is 6. The topological polar surface area (TPSA) is 58.2 Å². The van der Waals surface area contributed by atoms with Crippen molar-refractivity contribution in [3.05, 3.63) is 107 Å². The standard InChI is InChI=1S/C26H25ClN2O2S/c27-20-11-9-19(10-12-20)26-23-8-4-7-22(23)24-17-21(13-14-25(24)29-26)32(30,31)28-16-15-18-5-2-1-3-6-18/h1-7,9-14,17,22-23,26,28-29H,8,15-16H2. The molecule has 1 heterocycles. The third-order valence-corrected chi connectivity index (χ3v) is 8.13. The lowest BCUT2D eigenvalue weighted by Gasteiger charge is -2.37. The van der Waals surface area contributed by atoms with Gasteiger partial charge in [0.1, 0.15) is 0 Å². The normalized spacial score (nSPS) is 21.6. The van der Waals surface area contributed by atoms with Crippen LogP contribution in [0, 0.1) is 5.92 Å². The van der Waals surface area contributed by atoms with E-state index in [1.165, 1.54) is 5.56 Å². The first-order chi connectivity index (χ1) is 15.5. The molecule has 0 spiro atoms. The van der Waals surface area contributed by atoms with E-state index in [1.54, 1.807) is 6.07 Å². The maximum Gasteiger partial charge on any atom is 0.240 e. The molecule has 32 heavy (non-hydrogen) atoms. The first-order valence-electron chi connectivity index (χ1n) is 10.9. The van der Waals surface area contributed by atoms with Crippen molar-refractivity contribution >= 4 is 27.3 Å². The summed E-state index contributed by atoms with van der Waals surface area (Å²) < 4.78 is 28.7. The third-order valence-electron chi connectivity index (χ3n) is 6.42. The van der Waals surface area contributed by atoms with Crippen LogP contribution in [0.5, 0.6) is 0 Å². The number of sulfonamides is 1. The number of nitrogens with one attached hydrogen (secondary N) is 2. The van der Waals surface area contributed by atoms with Crippen molar-refractivity contribution in [1.29, 1.82) is 0 Å². The molecule has 0 saturated heterocycles. The van der Waals surface area contributed by atoms with Gasteiger partial charge in [0.15, 0.2) is 0 Å². The Hall–Kier alpha value is -2.60.